The number of fused-ring (bicyclic) bond motifs is 1. The minimum absolute atomic E-state index is 0.0172. The molecule has 0 bridgehead atoms. The first-order chi connectivity index (χ1) is 8.67. The molecule has 4 atom stereocenters. The number of rotatable bonds is 3. The Morgan fingerprint density at radius 1 is 1.58 bits per heavy atom. The zero-order chi connectivity index (χ0) is 14.4. The van der Waals surface area contributed by atoms with Crippen LogP contribution in [0.4, 0.5) is 4.39 Å². The van der Waals surface area contributed by atoms with E-state index < -0.39 is 11.7 Å². The minimum Gasteiger partial charge on any atom is -0.444 e. The van der Waals surface area contributed by atoms with Gasteiger partial charge in [-0.15, -0.1) is 11.6 Å². The van der Waals surface area contributed by atoms with Crippen molar-refractivity contribution in [2.45, 2.75) is 70.3 Å². The average Bonchev–Trinajstić information content (AvgIpc) is 2.70. The van der Waals surface area contributed by atoms with Gasteiger partial charge in [0.05, 0.1) is 0 Å². The van der Waals surface area contributed by atoms with Crippen molar-refractivity contribution in [3.63, 3.8) is 0 Å². The van der Waals surface area contributed by atoms with Crippen molar-refractivity contribution in [3.8, 4) is 0 Å². The van der Waals surface area contributed by atoms with Gasteiger partial charge in [-0.25, -0.2) is 14.1 Å². The number of ether oxygens (including phenoxy) is 1. The largest absolute Gasteiger partial charge is 0.444 e. The number of nitrogens with zero attached hydrogens (tertiary/aromatic N) is 1. The van der Waals surface area contributed by atoms with E-state index in [2.05, 4.69) is 0 Å². The Labute approximate surface area is 119 Å². The van der Waals surface area contributed by atoms with Crippen molar-refractivity contribution in [2.24, 2.45) is 5.41 Å². The summed E-state index contributed by atoms with van der Waals surface area (Å²) in [6.45, 7) is 8.21. The molecule has 0 aromatic rings. The summed E-state index contributed by atoms with van der Waals surface area (Å²) in [5.74, 6) is -0.273. The molecule has 0 aromatic heterocycles. The molecule has 1 unspecified atom stereocenters. The molecule has 0 spiro atoms. The Morgan fingerprint density at radius 2 is 2.21 bits per heavy atom. The van der Waals surface area contributed by atoms with Crippen LogP contribution in [0.2, 0.25) is 0 Å². The molecule has 0 amide bonds. The topological polar surface area (TPSA) is 29.5 Å². The Kier molecular flexibility index (Phi) is 3.87. The summed E-state index contributed by atoms with van der Waals surface area (Å²) >= 11 is 5.99. The summed E-state index contributed by atoms with van der Waals surface area (Å²) in [5, 5.41) is -0.0172. The SMILES string of the molecule is CC(Cl)CC[C@@]12C[C@@H](F)CN1[C@@H](C(C)(C)C)OC2=O. The minimum atomic E-state index is -0.955. The number of hydrogen-bond acceptors (Lipinski definition) is 3. The van der Waals surface area contributed by atoms with Crippen molar-refractivity contribution in [2.75, 3.05) is 6.54 Å². The molecule has 0 radical (unpaired) electrons. The molecule has 19 heavy (non-hydrogen) atoms. The Balaban J connectivity index is 2.26. The molecule has 2 rings (SSSR count). The van der Waals surface area contributed by atoms with Crippen LogP contribution >= 0.6 is 11.6 Å². The van der Waals surface area contributed by atoms with Crippen LogP contribution < -0.4 is 0 Å². The van der Waals surface area contributed by atoms with Crippen molar-refractivity contribution in [1.82, 2.24) is 4.90 Å². The van der Waals surface area contributed by atoms with Gasteiger partial charge in [0, 0.05) is 23.8 Å². The summed E-state index contributed by atoms with van der Waals surface area (Å²) < 4.78 is 19.4. The lowest BCUT2D eigenvalue weighted by Gasteiger charge is -2.35. The first-order valence-electron chi connectivity index (χ1n) is 6.93. The first kappa shape index (κ1) is 15.0. The lowest BCUT2D eigenvalue weighted by Crippen LogP contribution is -2.49. The average molecular weight is 292 g/mol. The van der Waals surface area contributed by atoms with Crippen molar-refractivity contribution in [3.05, 3.63) is 0 Å². The maximum absolute atomic E-state index is 13.9. The van der Waals surface area contributed by atoms with E-state index in [0.29, 0.717) is 12.8 Å². The summed E-state index contributed by atoms with van der Waals surface area (Å²) in [6, 6.07) is 0. The van der Waals surface area contributed by atoms with E-state index in [-0.39, 0.29) is 36.0 Å². The van der Waals surface area contributed by atoms with Crippen LogP contribution in [0, 0.1) is 5.41 Å². The Hall–Kier alpha value is -0.350. The molecular weight excluding hydrogens is 269 g/mol. The molecule has 2 aliphatic rings. The number of carbonyl (C=O) groups is 1. The standard InChI is InChI=1S/C14H23ClFNO2/c1-9(15)5-6-14-7-10(16)8-17(14)11(13(2,3)4)19-12(14)18/h9-11H,5-8H2,1-4H3/t9?,10-,11-,14+/m1/s1. The van der Waals surface area contributed by atoms with Gasteiger partial charge in [0.2, 0.25) is 0 Å². The molecular formula is C14H23ClFNO2. The number of alkyl halides is 2. The zero-order valence-corrected chi connectivity index (χ0v) is 12.8. The van der Waals surface area contributed by atoms with Gasteiger partial charge in [-0.05, 0) is 19.8 Å². The molecule has 3 nitrogen and oxygen atoms in total. The molecule has 110 valence electrons. The van der Waals surface area contributed by atoms with Crippen LogP contribution in [0.1, 0.15) is 47.0 Å². The first-order valence-corrected chi connectivity index (χ1v) is 7.36. The molecule has 2 aliphatic heterocycles. The highest BCUT2D eigenvalue weighted by Crippen LogP contribution is 2.47. The van der Waals surface area contributed by atoms with Crippen LogP contribution in [0.15, 0.2) is 0 Å². The van der Waals surface area contributed by atoms with Gasteiger partial charge < -0.3 is 4.74 Å². The molecule has 5 heteroatoms. The number of cyclic esters (lactones) is 1. The van der Waals surface area contributed by atoms with Gasteiger partial charge in [-0.2, -0.15) is 0 Å². The second-order valence-corrected chi connectivity index (χ2v) is 7.67. The van der Waals surface area contributed by atoms with E-state index in [0.717, 1.165) is 0 Å². The molecule has 2 saturated heterocycles. The molecule has 2 heterocycles. The van der Waals surface area contributed by atoms with E-state index in [9.17, 15) is 9.18 Å². The van der Waals surface area contributed by atoms with Crippen LogP contribution in [-0.2, 0) is 9.53 Å². The number of hydrogen-bond donors (Lipinski definition) is 0. The molecule has 0 N–H and O–H groups in total. The fourth-order valence-corrected chi connectivity index (χ4v) is 3.27. The highest BCUT2D eigenvalue weighted by Gasteiger charge is 2.62. The fourth-order valence-electron chi connectivity index (χ4n) is 3.16. The smallest absolute Gasteiger partial charge is 0.328 e. The Morgan fingerprint density at radius 3 is 2.74 bits per heavy atom. The molecule has 0 saturated carbocycles. The van der Waals surface area contributed by atoms with Crippen LogP contribution in [0.3, 0.4) is 0 Å². The second-order valence-electron chi connectivity index (χ2n) is 6.93. The normalized spacial score (nSPS) is 37.3. The summed E-state index contributed by atoms with van der Waals surface area (Å²) in [5.41, 5.74) is -1.01. The number of halogens is 2. The van der Waals surface area contributed by atoms with Gasteiger partial charge in [0.15, 0.2) is 6.23 Å². The maximum atomic E-state index is 13.9. The molecule has 0 aliphatic carbocycles. The van der Waals surface area contributed by atoms with Crippen LogP contribution in [0.25, 0.3) is 0 Å². The Bertz CT molecular complexity index is 369. The maximum Gasteiger partial charge on any atom is 0.328 e. The van der Waals surface area contributed by atoms with Crippen molar-refractivity contribution in [1.29, 1.82) is 0 Å². The quantitative estimate of drug-likeness (QED) is 0.591. The third kappa shape index (κ3) is 2.62. The lowest BCUT2D eigenvalue weighted by atomic mass is 9.88. The lowest BCUT2D eigenvalue weighted by molar-refractivity contribution is -0.150. The van der Waals surface area contributed by atoms with Crippen LogP contribution in [0.5, 0.6) is 0 Å². The van der Waals surface area contributed by atoms with Gasteiger partial charge in [0.25, 0.3) is 0 Å². The summed E-state index contributed by atoms with van der Waals surface area (Å²) in [7, 11) is 0. The monoisotopic (exact) mass is 291 g/mol. The van der Waals surface area contributed by atoms with E-state index >= 15 is 0 Å². The highest BCUT2D eigenvalue weighted by atomic mass is 35.5. The second kappa shape index (κ2) is 4.88. The van der Waals surface area contributed by atoms with Gasteiger partial charge in [0.1, 0.15) is 11.7 Å². The fraction of sp³-hybridized carbons (Fsp3) is 0.929. The van der Waals surface area contributed by atoms with Gasteiger partial charge >= 0.3 is 5.97 Å². The number of esters is 1. The van der Waals surface area contributed by atoms with E-state index in [1.54, 1.807) is 0 Å². The van der Waals surface area contributed by atoms with E-state index in [4.69, 9.17) is 16.3 Å². The third-order valence-electron chi connectivity index (χ3n) is 4.08. The third-order valence-corrected chi connectivity index (χ3v) is 4.30. The summed E-state index contributed by atoms with van der Waals surface area (Å²) in [4.78, 5) is 14.2. The molecule has 0 aromatic carbocycles. The predicted octanol–water partition coefficient (Wildman–Crippen LogP) is 3.11. The van der Waals surface area contributed by atoms with E-state index in [1.165, 1.54) is 0 Å². The van der Waals surface area contributed by atoms with Crippen LogP contribution in [-0.4, -0.2) is 40.7 Å². The number of carbonyl (C=O) groups excluding carboxylic acids is 1. The van der Waals surface area contributed by atoms with Gasteiger partial charge in [-0.1, -0.05) is 20.8 Å². The zero-order valence-electron chi connectivity index (χ0n) is 12.1. The summed E-state index contributed by atoms with van der Waals surface area (Å²) in [6.07, 6.45) is 0.206. The predicted molar refractivity (Wildman–Crippen MR) is 72.8 cm³/mol. The van der Waals surface area contributed by atoms with Crippen molar-refractivity contribution >= 4 is 17.6 Å². The molecule has 2 fully saturated rings. The van der Waals surface area contributed by atoms with E-state index in [1.807, 2.05) is 32.6 Å². The van der Waals surface area contributed by atoms with Crippen molar-refractivity contribution < 1.29 is 13.9 Å². The highest BCUT2D eigenvalue weighted by molar-refractivity contribution is 6.20. The van der Waals surface area contributed by atoms with Gasteiger partial charge in [-0.3, -0.25) is 0 Å².